The van der Waals surface area contributed by atoms with E-state index in [1.165, 1.54) is 55.2 Å². The lowest BCUT2D eigenvalue weighted by molar-refractivity contribution is 0.454. The average molecular weight is 439 g/mol. The molecule has 1 rings (SSSR count). The van der Waals surface area contributed by atoms with E-state index in [1.54, 1.807) is 6.08 Å². The molecule has 0 bridgehead atoms. The fourth-order valence-corrected chi connectivity index (χ4v) is 2.43. The summed E-state index contributed by atoms with van der Waals surface area (Å²) in [5.74, 6) is 0.972. The lowest BCUT2D eigenvalue weighted by Gasteiger charge is -2.08. The van der Waals surface area contributed by atoms with E-state index in [4.69, 9.17) is 0 Å². The van der Waals surface area contributed by atoms with Crippen LogP contribution in [0.1, 0.15) is 145 Å². The van der Waals surface area contributed by atoms with Crippen molar-refractivity contribution in [2.75, 3.05) is 0 Å². The Morgan fingerprint density at radius 2 is 1.13 bits per heavy atom. The maximum absolute atomic E-state index is 3.36. The molecule has 0 heterocycles. The van der Waals surface area contributed by atoms with Crippen LogP contribution in [0, 0.1) is 19.8 Å². The maximum atomic E-state index is 3.36. The molecule has 0 radical (unpaired) electrons. The van der Waals surface area contributed by atoms with Gasteiger partial charge in [-0.3, -0.25) is 0 Å². The standard InChI is InChI=1S/C10H14.C10H22.C3H6.4C2H6/c1-4-10-7-8(2)5-6-9(10)3;1-4-6-8-10(3)9-7-5-2;1-3-2;4*1-2/h5-7H,4H2,1-3H3;10H,4-9H2,1-3H3;3H,1H2,2H3;4*1-2H3. The Morgan fingerprint density at radius 1 is 0.774 bits per heavy atom. The highest BCUT2D eigenvalue weighted by Crippen LogP contribution is 2.14. The van der Waals surface area contributed by atoms with Gasteiger partial charge in [-0.05, 0) is 44.2 Å². The molecule has 0 saturated heterocycles. The Hall–Kier alpha value is -1.04. The Bertz CT molecular complexity index is 368. The van der Waals surface area contributed by atoms with Gasteiger partial charge >= 0.3 is 0 Å². The summed E-state index contributed by atoms with van der Waals surface area (Å²) in [5, 5.41) is 0. The summed E-state index contributed by atoms with van der Waals surface area (Å²) in [6.45, 7) is 34.7. The molecule has 0 spiro atoms. The summed E-state index contributed by atoms with van der Waals surface area (Å²) < 4.78 is 0. The maximum Gasteiger partial charge on any atom is -0.0305 e. The van der Waals surface area contributed by atoms with Gasteiger partial charge in [0.15, 0.2) is 0 Å². The highest BCUT2D eigenvalue weighted by Gasteiger charge is 1.98. The van der Waals surface area contributed by atoms with E-state index in [0.717, 1.165) is 12.3 Å². The number of allylic oxidation sites excluding steroid dienone is 1. The van der Waals surface area contributed by atoms with Crippen molar-refractivity contribution in [3.63, 3.8) is 0 Å². The fraction of sp³-hybridized carbons (Fsp3) is 0.742. The lowest BCUT2D eigenvalue weighted by Crippen LogP contribution is -1.93. The predicted molar refractivity (Wildman–Crippen MR) is 155 cm³/mol. The van der Waals surface area contributed by atoms with Gasteiger partial charge in [-0.1, -0.05) is 151 Å². The van der Waals surface area contributed by atoms with Crippen LogP contribution in [-0.4, -0.2) is 0 Å². The second-order valence-corrected chi connectivity index (χ2v) is 6.58. The summed E-state index contributed by atoms with van der Waals surface area (Å²) in [5.41, 5.74) is 4.25. The van der Waals surface area contributed by atoms with Gasteiger partial charge in [0.05, 0.1) is 0 Å². The molecule has 0 aliphatic rings. The van der Waals surface area contributed by atoms with E-state index in [9.17, 15) is 0 Å². The van der Waals surface area contributed by atoms with Crippen molar-refractivity contribution >= 4 is 0 Å². The molecular weight excluding hydrogens is 372 g/mol. The van der Waals surface area contributed by atoms with Crippen molar-refractivity contribution in [1.82, 2.24) is 0 Å². The third-order valence-corrected chi connectivity index (χ3v) is 3.99. The van der Waals surface area contributed by atoms with Gasteiger partial charge in [-0.2, -0.15) is 0 Å². The average Bonchev–Trinajstić information content (AvgIpc) is 2.84. The molecule has 0 unspecified atom stereocenters. The SMILES string of the molecule is C=CC.CC.CC.CC.CC.CCCCC(C)CCCC.CCc1cc(C)ccc1C. The number of rotatable bonds is 7. The van der Waals surface area contributed by atoms with Crippen LogP contribution in [-0.2, 0) is 6.42 Å². The van der Waals surface area contributed by atoms with Gasteiger partial charge in [0, 0.05) is 0 Å². The normalized spacial score (nSPS) is 7.87. The highest BCUT2D eigenvalue weighted by molar-refractivity contribution is 5.30. The van der Waals surface area contributed by atoms with Crippen LogP contribution in [0.4, 0.5) is 0 Å². The predicted octanol–water partition coefficient (Wildman–Crippen LogP) is 12.2. The van der Waals surface area contributed by atoms with Gasteiger partial charge in [-0.25, -0.2) is 0 Å². The van der Waals surface area contributed by atoms with Gasteiger partial charge in [0.2, 0.25) is 0 Å². The first-order chi connectivity index (χ1) is 15.0. The van der Waals surface area contributed by atoms with Crippen molar-refractivity contribution in [2.24, 2.45) is 5.92 Å². The minimum absolute atomic E-state index is 0.972. The monoisotopic (exact) mass is 439 g/mol. The lowest BCUT2D eigenvalue weighted by atomic mass is 9.98. The molecule has 0 aliphatic heterocycles. The van der Waals surface area contributed by atoms with Crippen LogP contribution in [0.5, 0.6) is 0 Å². The third-order valence-electron chi connectivity index (χ3n) is 3.99. The van der Waals surface area contributed by atoms with Crippen LogP contribution in [0.3, 0.4) is 0 Å². The Morgan fingerprint density at radius 3 is 1.39 bits per heavy atom. The molecule has 0 fully saturated rings. The minimum Gasteiger partial charge on any atom is -0.103 e. The summed E-state index contributed by atoms with van der Waals surface area (Å²) >= 11 is 0. The first-order valence-electron chi connectivity index (χ1n) is 13.6. The molecule has 0 atom stereocenters. The van der Waals surface area contributed by atoms with Crippen molar-refractivity contribution in [3.8, 4) is 0 Å². The largest absolute Gasteiger partial charge is 0.103 e. The molecule has 1 aromatic rings. The van der Waals surface area contributed by atoms with E-state index < -0.39 is 0 Å². The van der Waals surface area contributed by atoms with Crippen molar-refractivity contribution in [3.05, 3.63) is 47.5 Å². The zero-order valence-electron chi connectivity index (χ0n) is 25.0. The smallest absolute Gasteiger partial charge is 0.0305 e. The highest BCUT2D eigenvalue weighted by atomic mass is 14.0. The second kappa shape index (κ2) is 46.9. The fourth-order valence-electron chi connectivity index (χ4n) is 2.43. The van der Waals surface area contributed by atoms with Crippen molar-refractivity contribution in [2.45, 2.75) is 149 Å². The molecule has 190 valence electrons. The molecule has 0 aliphatic carbocycles. The molecule has 31 heavy (non-hydrogen) atoms. The minimum atomic E-state index is 0.972. The van der Waals surface area contributed by atoms with E-state index in [0.29, 0.717) is 0 Å². The summed E-state index contributed by atoms with van der Waals surface area (Å²) in [6, 6.07) is 6.61. The van der Waals surface area contributed by atoms with Gasteiger partial charge in [0.1, 0.15) is 0 Å². The first-order valence-corrected chi connectivity index (χ1v) is 13.6. The molecule has 0 N–H and O–H groups in total. The zero-order valence-corrected chi connectivity index (χ0v) is 25.0. The molecule has 0 heteroatoms. The van der Waals surface area contributed by atoms with Crippen LogP contribution in [0.25, 0.3) is 0 Å². The second-order valence-electron chi connectivity index (χ2n) is 6.58. The Kier molecular flexibility index (Phi) is 66.3. The molecule has 0 amide bonds. The van der Waals surface area contributed by atoms with Crippen LogP contribution in [0.2, 0.25) is 0 Å². The molecular formula is C31H66. The summed E-state index contributed by atoms with van der Waals surface area (Å²) in [7, 11) is 0. The summed E-state index contributed by atoms with van der Waals surface area (Å²) in [4.78, 5) is 0. The van der Waals surface area contributed by atoms with Gasteiger partial charge in [0.25, 0.3) is 0 Å². The number of unbranched alkanes of at least 4 members (excludes halogenated alkanes) is 2. The van der Waals surface area contributed by atoms with E-state index >= 15 is 0 Å². The van der Waals surface area contributed by atoms with E-state index in [2.05, 4.69) is 66.3 Å². The molecule has 1 aromatic carbocycles. The van der Waals surface area contributed by atoms with Gasteiger partial charge < -0.3 is 0 Å². The van der Waals surface area contributed by atoms with Crippen LogP contribution >= 0.6 is 0 Å². The molecule has 0 saturated carbocycles. The Labute approximate surface area is 202 Å². The topological polar surface area (TPSA) is 0 Å². The third kappa shape index (κ3) is 43.6. The van der Waals surface area contributed by atoms with E-state index in [-0.39, 0.29) is 0 Å². The van der Waals surface area contributed by atoms with Crippen LogP contribution in [0.15, 0.2) is 30.9 Å². The first kappa shape index (κ1) is 43.8. The quantitative estimate of drug-likeness (QED) is 0.371. The van der Waals surface area contributed by atoms with Crippen LogP contribution < -0.4 is 0 Å². The zero-order chi connectivity index (χ0) is 26.1. The number of hydrogen-bond acceptors (Lipinski definition) is 0. The molecule has 0 nitrogen and oxygen atoms in total. The number of hydrogen-bond donors (Lipinski definition) is 0. The van der Waals surface area contributed by atoms with Crippen molar-refractivity contribution < 1.29 is 0 Å². The number of benzene rings is 1. The van der Waals surface area contributed by atoms with E-state index in [1.807, 2.05) is 62.3 Å². The van der Waals surface area contributed by atoms with Crippen molar-refractivity contribution in [1.29, 1.82) is 0 Å². The summed E-state index contributed by atoms with van der Waals surface area (Å²) in [6.07, 6.45) is 11.3. The number of aryl methyl sites for hydroxylation is 3. The van der Waals surface area contributed by atoms with Gasteiger partial charge in [-0.15, -0.1) is 6.58 Å². The molecule has 0 aromatic heterocycles. The Balaban J connectivity index is -0.0000000696.